The van der Waals surface area contributed by atoms with Gasteiger partial charge < -0.3 is 19.4 Å². The van der Waals surface area contributed by atoms with Gasteiger partial charge in [0.2, 0.25) is 0 Å². The number of imidazole rings is 1. The highest BCUT2D eigenvalue weighted by atomic mass is 16.5. The Balaban J connectivity index is 1.83. The summed E-state index contributed by atoms with van der Waals surface area (Å²) in [6.45, 7) is 8.29. The lowest BCUT2D eigenvalue weighted by atomic mass is 10.1. The van der Waals surface area contributed by atoms with Crippen molar-refractivity contribution in [1.29, 1.82) is 0 Å². The maximum atomic E-state index is 13.1. The highest BCUT2D eigenvalue weighted by molar-refractivity contribution is 5.97. The Morgan fingerprint density at radius 1 is 1.04 bits per heavy atom. The summed E-state index contributed by atoms with van der Waals surface area (Å²) in [6, 6.07) is 11.4. The van der Waals surface area contributed by atoms with Crippen molar-refractivity contribution in [3.8, 4) is 11.5 Å². The van der Waals surface area contributed by atoms with Crippen molar-refractivity contribution in [1.82, 2.24) is 14.9 Å². The van der Waals surface area contributed by atoms with Crippen LogP contribution < -0.4 is 9.47 Å². The van der Waals surface area contributed by atoms with E-state index in [0.717, 1.165) is 28.8 Å². The maximum Gasteiger partial charge on any atom is 0.254 e. The van der Waals surface area contributed by atoms with E-state index in [-0.39, 0.29) is 5.91 Å². The summed E-state index contributed by atoms with van der Waals surface area (Å²) >= 11 is 0. The van der Waals surface area contributed by atoms with E-state index in [1.54, 1.807) is 6.33 Å². The molecule has 6 heteroatoms. The van der Waals surface area contributed by atoms with Gasteiger partial charge in [-0.1, -0.05) is 13.0 Å². The monoisotopic (exact) mass is 381 g/mol. The van der Waals surface area contributed by atoms with Gasteiger partial charge in [0.15, 0.2) is 11.5 Å². The van der Waals surface area contributed by atoms with Crippen LogP contribution in [0.1, 0.15) is 43.1 Å². The number of H-pyrrole nitrogens is 1. The number of aromatic nitrogens is 2. The summed E-state index contributed by atoms with van der Waals surface area (Å²) in [5.41, 5.74) is 3.38. The number of carbonyl (C=O) groups is 1. The molecule has 148 valence electrons. The maximum absolute atomic E-state index is 13.1. The summed E-state index contributed by atoms with van der Waals surface area (Å²) in [4.78, 5) is 22.3. The van der Waals surface area contributed by atoms with E-state index in [2.05, 4.69) is 16.9 Å². The van der Waals surface area contributed by atoms with Crippen LogP contribution in [0.3, 0.4) is 0 Å². The second-order valence-electron chi connectivity index (χ2n) is 6.51. The van der Waals surface area contributed by atoms with Gasteiger partial charge in [-0.2, -0.15) is 0 Å². The van der Waals surface area contributed by atoms with Gasteiger partial charge in [0.05, 0.1) is 30.6 Å². The van der Waals surface area contributed by atoms with Crippen LogP contribution in [-0.4, -0.2) is 40.5 Å². The van der Waals surface area contributed by atoms with Gasteiger partial charge in [0.25, 0.3) is 5.91 Å². The predicted molar refractivity (Wildman–Crippen MR) is 110 cm³/mol. The zero-order valence-corrected chi connectivity index (χ0v) is 16.7. The molecule has 3 aromatic rings. The molecule has 0 spiro atoms. The van der Waals surface area contributed by atoms with E-state index in [1.807, 2.05) is 55.1 Å². The Bertz CT molecular complexity index is 936. The molecule has 1 amide bonds. The SMILES string of the molecule is CCCN(Cc1ccc(OCC)c(OCC)c1)C(=O)c1ccc2nc[nH]c2c1. The Morgan fingerprint density at radius 3 is 2.57 bits per heavy atom. The van der Waals surface area contributed by atoms with Crippen LogP contribution in [0.5, 0.6) is 11.5 Å². The molecule has 0 atom stereocenters. The number of fused-ring (bicyclic) bond motifs is 1. The van der Waals surface area contributed by atoms with Crippen molar-refractivity contribution in [2.75, 3.05) is 19.8 Å². The number of aromatic amines is 1. The molecule has 1 N–H and O–H groups in total. The summed E-state index contributed by atoms with van der Waals surface area (Å²) < 4.78 is 11.3. The van der Waals surface area contributed by atoms with E-state index in [9.17, 15) is 4.79 Å². The average Bonchev–Trinajstić information content (AvgIpc) is 3.17. The smallest absolute Gasteiger partial charge is 0.254 e. The lowest BCUT2D eigenvalue weighted by Crippen LogP contribution is -2.31. The number of amides is 1. The molecule has 0 fully saturated rings. The first-order chi connectivity index (χ1) is 13.7. The van der Waals surface area contributed by atoms with E-state index in [4.69, 9.17) is 9.47 Å². The number of hydrogen-bond acceptors (Lipinski definition) is 4. The number of nitrogens with zero attached hydrogens (tertiary/aromatic N) is 2. The highest BCUT2D eigenvalue weighted by Crippen LogP contribution is 2.29. The average molecular weight is 381 g/mol. The Morgan fingerprint density at radius 2 is 1.82 bits per heavy atom. The van der Waals surface area contributed by atoms with Gasteiger partial charge in [0.1, 0.15) is 0 Å². The molecule has 0 saturated carbocycles. The Kier molecular flexibility index (Phi) is 6.53. The van der Waals surface area contributed by atoms with Crippen LogP contribution in [0.4, 0.5) is 0 Å². The molecule has 28 heavy (non-hydrogen) atoms. The zero-order valence-electron chi connectivity index (χ0n) is 16.7. The number of ether oxygens (including phenoxy) is 2. The molecule has 2 aromatic carbocycles. The van der Waals surface area contributed by atoms with Crippen molar-refractivity contribution in [3.05, 3.63) is 53.9 Å². The van der Waals surface area contributed by atoms with E-state index < -0.39 is 0 Å². The van der Waals surface area contributed by atoms with Crippen LogP contribution in [0, 0.1) is 0 Å². The van der Waals surface area contributed by atoms with Crippen LogP contribution in [-0.2, 0) is 6.54 Å². The second kappa shape index (κ2) is 9.26. The summed E-state index contributed by atoms with van der Waals surface area (Å²) in [5, 5.41) is 0. The van der Waals surface area contributed by atoms with Crippen LogP contribution in [0.15, 0.2) is 42.7 Å². The van der Waals surface area contributed by atoms with Crippen LogP contribution in [0.25, 0.3) is 11.0 Å². The van der Waals surface area contributed by atoms with E-state index in [0.29, 0.717) is 37.6 Å². The normalized spacial score (nSPS) is 10.8. The molecule has 0 saturated heterocycles. The first-order valence-electron chi connectivity index (χ1n) is 9.77. The molecule has 0 aliphatic heterocycles. The molecule has 1 heterocycles. The number of rotatable bonds is 9. The topological polar surface area (TPSA) is 67.5 Å². The molecular weight excluding hydrogens is 354 g/mol. The van der Waals surface area contributed by atoms with Gasteiger partial charge in [-0.15, -0.1) is 0 Å². The fourth-order valence-corrected chi connectivity index (χ4v) is 3.19. The molecule has 0 radical (unpaired) electrons. The number of nitrogens with one attached hydrogen (secondary N) is 1. The lowest BCUT2D eigenvalue weighted by molar-refractivity contribution is 0.0743. The van der Waals surface area contributed by atoms with Gasteiger partial charge in [-0.05, 0) is 56.2 Å². The first-order valence-corrected chi connectivity index (χ1v) is 9.77. The van der Waals surface area contributed by atoms with Gasteiger partial charge in [-0.3, -0.25) is 4.79 Å². The molecular formula is C22H27N3O3. The Hall–Kier alpha value is -3.02. The van der Waals surface area contributed by atoms with Crippen molar-refractivity contribution in [3.63, 3.8) is 0 Å². The standard InChI is InChI=1S/C22H27N3O3/c1-4-11-25(22(26)17-8-9-18-19(13-17)24-15-23-18)14-16-7-10-20(27-5-2)21(12-16)28-6-3/h7-10,12-13,15H,4-6,11,14H2,1-3H3,(H,23,24). The van der Waals surface area contributed by atoms with Crippen molar-refractivity contribution < 1.29 is 14.3 Å². The summed E-state index contributed by atoms with van der Waals surface area (Å²) in [5.74, 6) is 1.45. The molecule has 6 nitrogen and oxygen atoms in total. The minimum absolute atomic E-state index is 0.00481. The number of benzene rings is 2. The molecule has 0 unspecified atom stereocenters. The zero-order chi connectivity index (χ0) is 19.9. The highest BCUT2D eigenvalue weighted by Gasteiger charge is 2.17. The molecule has 3 rings (SSSR count). The third kappa shape index (κ3) is 4.44. The van der Waals surface area contributed by atoms with Crippen LogP contribution >= 0.6 is 0 Å². The van der Waals surface area contributed by atoms with Gasteiger partial charge in [0, 0.05) is 18.7 Å². The largest absolute Gasteiger partial charge is 0.490 e. The number of hydrogen-bond donors (Lipinski definition) is 1. The molecule has 0 aliphatic carbocycles. The van der Waals surface area contributed by atoms with Crippen molar-refractivity contribution >= 4 is 16.9 Å². The van der Waals surface area contributed by atoms with Crippen molar-refractivity contribution in [2.24, 2.45) is 0 Å². The summed E-state index contributed by atoms with van der Waals surface area (Å²) in [6.07, 6.45) is 2.52. The third-order valence-corrected chi connectivity index (χ3v) is 4.43. The minimum Gasteiger partial charge on any atom is -0.490 e. The first kappa shape index (κ1) is 19.7. The molecule has 0 aliphatic rings. The predicted octanol–water partition coefficient (Wildman–Crippen LogP) is 4.41. The number of carbonyl (C=O) groups excluding carboxylic acids is 1. The van der Waals surface area contributed by atoms with Crippen molar-refractivity contribution in [2.45, 2.75) is 33.7 Å². The van der Waals surface area contributed by atoms with Gasteiger partial charge >= 0.3 is 0 Å². The fraction of sp³-hybridized carbons (Fsp3) is 0.364. The molecule has 1 aromatic heterocycles. The van der Waals surface area contributed by atoms with E-state index in [1.165, 1.54) is 0 Å². The quantitative estimate of drug-likeness (QED) is 0.596. The minimum atomic E-state index is 0.00481. The van der Waals surface area contributed by atoms with Crippen LogP contribution in [0.2, 0.25) is 0 Å². The fourth-order valence-electron chi connectivity index (χ4n) is 3.19. The molecule has 0 bridgehead atoms. The lowest BCUT2D eigenvalue weighted by Gasteiger charge is -2.23. The van der Waals surface area contributed by atoms with Gasteiger partial charge in [-0.25, -0.2) is 4.98 Å². The van der Waals surface area contributed by atoms with E-state index >= 15 is 0 Å². The Labute approximate surface area is 165 Å². The second-order valence-corrected chi connectivity index (χ2v) is 6.51. The third-order valence-electron chi connectivity index (χ3n) is 4.43. The summed E-state index contributed by atoms with van der Waals surface area (Å²) in [7, 11) is 0.